The van der Waals surface area contributed by atoms with Gasteiger partial charge in [0.1, 0.15) is 11.9 Å². The van der Waals surface area contributed by atoms with E-state index < -0.39 is 11.9 Å². The first-order valence-electron chi connectivity index (χ1n) is 10.9. The number of halogens is 1. The third-order valence-electron chi connectivity index (χ3n) is 5.86. The highest BCUT2D eigenvalue weighted by molar-refractivity contribution is 5.88. The molecule has 1 fully saturated rings. The lowest BCUT2D eigenvalue weighted by atomic mass is 10.1. The van der Waals surface area contributed by atoms with Crippen LogP contribution in [0, 0.1) is 12.7 Å². The van der Waals surface area contributed by atoms with E-state index in [2.05, 4.69) is 5.32 Å². The zero-order valence-electron chi connectivity index (χ0n) is 17.9. The number of rotatable bonds is 8. The van der Waals surface area contributed by atoms with E-state index in [0.29, 0.717) is 18.5 Å². The van der Waals surface area contributed by atoms with Crippen LogP contribution in [0.2, 0.25) is 0 Å². The molecule has 1 aliphatic carbocycles. The van der Waals surface area contributed by atoms with Crippen molar-refractivity contribution in [2.75, 3.05) is 0 Å². The van der Waals surface area contributed by atoms with Gasteiger partial charge in [-0.3, -0.25) is 9.59 Å². The number of aryl methyl sites for hydroxylation is 1. The summed E-state index contributed by atoms with van der Waals surface area (Å²) in [4.78, 5) is 27.9. The Labute approximate surface area is 178 Å². The van der Waals surface area contributed by atoms with Gasteiger partial charge in [0, 0.05) is 12.6 Å². The minimum atomic E-state index is -0.578. The first-order valence-corrected chi connectivity index (χ1v) is 10.9. The first kappa shape index (κ1) is 22.0. The Bertz CT molecular complexity index is 860. The second-order valence-corrected chi connectivity index (χ2v) is 8.19. The molecule has 2 amide bonds. The normalized spacial score (nSPS) is 15.0. The summed E-state index contributed by atoms with van der Waals surface area (Å²) < 4.78 is 14.1. The molecule has 160 valence electrons. The van der Waals surface area contributed by atoms with Crippen molar-refractivity contribution in [3.63, 3.8) is 0 Å². The lowest BCUT2D eigenvalue weighted by Crippen LogP contribution is -2.51. The van der Waals surface area contributed by atoms with Crippen molar-refractivity contribution in [3.8, 4) is 0 Å². The Hall–Kier alpha value is -2.69. The van der Waals surface area contributed by atoms with Crippen molar-refractivity contribution in [1.82, 2.24) is 10.2 Å². The van der Waals surface area contributed by atoms with Crippen LogP contribution >= 0.6 is 0 Å². The molecule has 1 saturated carbocycles. The van der Waals surface area contributed by atoms with Gasteiger partial charge in [-0.1, -0.05) is 67.8 Å². The SMILES string of the molecule is CC[C@H](C(=O)NC1CCCC1)N(Cc1ccc(C)cc1)C(=O)Cc1ccccc1F. The number of benzene rings is 2. The minimum Gasteiger partial charge on any atom is -0.352 e. The van der Waals surface area contributed by atoms with Crippen molar-refractivity contribution in [1.29, 1.82) is 0 Å². The van der Waals surface area contributed by atoms with E-state index in [1.807, 2.05) is 38.1 Å². The van der Waals surface area contributed by atoms with Crippen molar-refractivity contribution < 1.29 is 14.0 Å². The topological polar surface area (TPSA) is 49.4 Å². The molecule has 0 unspecified atom stereocenters. The van der Waals surface area contributed by atoms with Crippen LogP contribution in [0.15, 0.2) is 48.5 Å². The molecule has 2 aromatic rings. The summed E-state index contributed by atoms with van der Waals surface area (Å²) >= 11 is 0. The average Bonchev–Trinajstić information content (AvgIpc) is 3.24. The van der Waals surface area contributed by atoms with Gasteiger partial charge < -0.3 is 10.2 Å². The fraction of sp³-hybridized carbons (Fsp3) is 0.440. The summed E-state index contributed by atoms with van der Waals surface area (Å²) in [7, 11) is 0. The van der Waals surface area contributed by atoms with Crippen LogP contribution in [-0.2, 0) is 22.6 Å². The van der Waals surface area contributed by atoms with Crippen molar-refractivity contribution >= 4 is 11.8 Å². The van der Waals surface area contributed by atoms with Crippen LogP contribution in [0.1, 0.15) is 55.7 Å². The maximum Gasteiger partial charge on any atom is 0.243 e. The van der Waals surface area contributed by atoms with E-state index in [4.69, 9.17) is 0 Å². The molecule has 0 aromatic heterocycles. The lowest BCUT2D eigenvalue weighted by molar-refractivity contribution is -0.141. The molecule has 1 aliphatic rings. The molecule has 5 heteroatoms. The van der Waals surface area contributed by atoms with Crippen LogP contribution in [0.25, 0.3) is 0 Å². The van der Waals surface area contributed by atoms with Gasteiger partial charge in [-0.25, -0.2) is 4.39 Å². The molecule has 0 aliphatic heterocycles. The molecular formula is C25H31FN2O2. The first-order chi connectivity index (χ1) is 14.5. The predicted molar refractivity (Wildman–Crippen MR) is 116 cm³/mol. The molecule has 3 rings (SSSR count). The Balaban J connectivity index is 1.82. The highest BCUT2D eigenvalue weighted by Gasteiger charge is 2.30. The standard InChI is InChI=1S/C25H31FN2O2/c1-3-23(25(30)27-21-9-5-6-10-21)28(17-19-14-12-18(2)13-15-19)24(29)16-20-8-4-7-11-22(20)26/h4,7-8,11-15,21,23H,3,5-6,9-10,16-17H2,1-2H3,(H,27,30)/t23-/m1/s1. The second kappa shape index (κ2) is 10.4. The molecule has 1 atom stereocenters. The molecule has 0 radical (unpaired) electrons. The molecule has 2 aromatic carbocycles. The molecule has 30 heavy (non-hydrogen) atoms. The van der Waals surface area contributed by atoms with Gasteiger partial charge >= 0.3 is 0 Å². The van der Waals surface area contributed by atoms with Gasteiger partial charge in [0.05, 0.1) is 6.42 Å². The quantitative estimate of drug-likeness (QED) is 0.694. The van der Waals surface area contributed by atoms with Gasteiger partial charge in [0.25, 0.3) is 0 Å². The van der Waals surface area contributed by atoms with Gasteiger partial charge in [-0.05, 0) is 43.4 Å². The summed E-state index contributed by atoms with van der Waals surface area (Å²) in [6, 6.07) is 13.9. The third kappa shape index (κ3) is 5.68. The lowest BCUT2D eigenvalue weighted by Gasteiger charge is -2.31. The van der Waals surface area contributed by atoms with Gasteiger partial charge in [-0.2, -0.15) is 0 Å². The molecule has 0 heterocycles. The predicted octanol–water partition coefficient (Wildman–Crippen LogP) is 4.54. The Morgan fingerprint density at radius 3 is 2.40 bits per heavy atom. The fourth-order valence-corrected chi connectivity index (χ4v) is 4.08. The summed E-state index contributed by atoms with van der Waals surface area (Å²) in [5.41, 5.74) is 2.44. The Morgan fingerprint density at radius 1 is 1.10 bits per heavy atom. The maximum atomic E-state index is 14.1. The van der Waals surface area contributed by atoms with Crippen LogP contribution < -0.4 is 5.32 Å². The summed E-state index contributed by atoms with van der Waals surface area (Å²) in [5.74, 6) is -0.753. The zero-order chi connectivity index (χ0) is 21.5. The number of hydrogen-bond donors (Lipinski definition) is 1. The van der Waals surface area contributed by atoms with E-state index >= 15 is 0 Å². The smallest absolute Gasteiger partial charge is 0.243 e. The molecule has 4 nitrogen and oxygen atoms in total. The number of nitrogens with zero attached hydrogens (tertiary/aromatic N) is 1. The maximum absolute atomic E-state index is 14.1. The Kier molecular flexibility index (Phi) is 7.61. The van der Waals surface area contributed by atoms with Gasteiger partial charge in [0.2, 0.25) is 11.8 Å². The summed E-state index contributed by atoms with van der Waals surface area (Å²) in [6.45, 7) is 4.25. The van der Waals surface area contributed by atoms with Crippen LogP contribution in [-0.4, -0.2) is 28.8 Å². The fourth-order valence-electron chi connectivity index (χ4n) is 4.08. The molecule has 0 saturated heterocycles. The second-order valence-electron chi connectivity index (χ2n) is 8.19. The minimum absolute atomic E-state index is 0.0637. The third-order valence-corrected chi connectivity index (χ3v) is 5.86. The molecule has 0 bridgehead atoms. The summed E-state index contributed by atoms with van der Waals surface area (Å²) in [5, 5.41) is 3.13. The van der Waals surface area contributed by atoms with E-state index in [-0.39, 0.29) is 24.3 Å². The number of carbonyl (C=O) groups excluding carboxylic acids is 2. The number of nitrogens with one attached hydrogen (secondary N) is 1. The number of carbonyl (C=O) groups is 2. The van der Waals surface area contributed by atoms with Crippen molar-refractivity contribution in [2.24, 2.45) is 0 Å². The highest BCUT2D eigenvalue weighted by Crippen LogP contribution is 2.20. The molecule has 0 spiro atoms. The molecule has 1 N–H and O–H groups in total. The van der Waals surface area contributed by atoms with Crippen molar-refractivity contribution in [2.45, 2.75) is 71.0 Å². The van der Waals surface area contributed by atoms with Crippen LogP contribution in [0.4, 0.5) is 4.39 Å². The van der Waals surface area contributed by atoms with Crippen molar-refractivity contribution in [3.05, 3.63) is 71.0 Å². The number of amides is 2. The zero-order valence-corrected chi connectivity index (χ0v) is 17.9. The number of hydrogen-bond acceptors (Lipinski definition) is 2. The van der Waals surface area contributed by atoms with E-state index in [1.165, 1.54) is 6.07 Å². The van der Waals surface area contributed by atoms with E-state index in [1.54, 1.807) is 23.1 Å². The largest absolute Gasteiger partial charge is 0.352 e. The average molecular weight is 411 g/mol. The van der Waals surface area contributed by atoms with Crippen LogP contribution in [0.3, 0.4) is 0 Å². The van der Waals surface area contributed by atoms with Gasteiger partial charge in [0.15, 0.2) is 0 Å². The van der Waals surface area contributed by atoms with E-state index in [0.717, 1.165) is 36.8 Å². The van der Waals surface area contributed by atoms with Gasteiger partial charge in [-0.15, -0.1) is 0 Å². The van der Waals surface area contributed by atoms with Crippen LogP contribution in [0.5, 0.6) is 0 Å². The highest BCUT2D eigenvalue weighted by atomic mass is 19.1. The molecular weight excluding hydrogens is 379 g/mol. The van der Waals surface area contributed by atoms with E-state index in [9.17, 15) is 14.0 Å². The summed E-state index contributed by atoms with van der Waals surface area (Å²) in [6.07, 6.45) is 4.67. The Morgan fingerprint density at radius 2 is 1.77 bits per heavy atom. The monoisotopic (exact) mass is 410 g/mol.